The monoisotopic (exact) mass is 226 g/mol. The van der Waals surface area contributed by atoms with Crippen LogP contribution in [-0.2, 0) is 6.54 Å². The molecule has 0 saturated carbocycles. The van der Waals surface area contributed by atoms with Crippen molar-refractivity contribution in [1.82, 2.24) is 4.98 Å². The third-order valence-corrected chi connectivity index (χ3v) is 3.58. The van der Waals surface area contributed by atoms with Crippen LogP contribution < -0.4 is 5.73 Å². The second-order valence-corrected chi connectivity index (χ2v) is 4.78. The normalized spacial score (nSPS) is 12.8. The first-order valence-corrected chi connectivity index (χ1v) is 6.05. The molecule has 1 aromatic heterocycles. The summed E-state index contributed by atoms with van der Waals surface area (Å²) in [6, 6.07) is 2.07. The molecule has 0 saturated heterocycles. The van der Waals surface area contributed by atoms with Gasteiger partial charge in [-0.15, -0.1) is 11.8 Å². The van der Waals surface area contributed by atoms with Crippen molar-refractivity contribution < 1.29 is 5.11 Å². The lowest BCUT2D eigenvalue weighted by atomic mass is 10.2. The summed E-state index contributed by atoms with van der Waals surface area (Å²) >= 11 is 1.69. The Morgan fingerprint density at radius 3 is 2.87 bits per heavy atom. The summed E-state index contributed by atoms with van der Waals surface area (Å²) in [6.45, 7) is 4.83. The van der Waals surface area contributed by atoms with Crippen molar-refractivity contribution in [3.8, 4) is 0 Å². The summed E-state index contributed by atoms with van der Waals surface area (Å²) in [5, 5.41) is 9.95. The van der Waals surface area contributed by atoms with Crippen LogP contribution in [0.25, 0.3) is 0 Å². The van der Waals surface area contributed by atoms with Crippen LogP contribution in [0.1, 0.15) is 18.1 Å². The number of rotatable bonds is 5. The van der Waals surface area contributed by atoms with Crippen LogP contribution in [-0.4, -0.2) is 22.5 Å². The highest BCUT2D eigenvalue weighted by atomic mass is 32.2. The molecule has 3 nitrogen and oxygen atoms in total. The van der Waals surface area contributed by atoms with Gasteiger partial charge in [0.05, 0.1) is 5.03 Å². The second kappa shape index (κ2) is 6.10. The van der Waals surface area contributed by atoms with Crippen molar-refractivity contribution in [2.45, 2.75) is 25.4 Å². The van der Waals surface area contributed by atoms with E-state index in [1.165, 1.54) is 0 Å². The number of aliphatic hydroxyl groups excluding tert-OH is 1. The van der Waals surface area contributed by atoms with Crippen LogP contribution in [0.5, 0.6) is 0 Å². The van der Waals surface area contributed by atoms with Gasteiger partial charge >= 0.3 is 0 Å². The number of aliphatic hydroxyl groups is 1. The quantitative estimate of drug-likeness (QED) is 0.748. The van der Waals surface area contributed by atoms with Crippen LogP contribution >= 0.6 is 11.8 Å². The number of hydrogen-bond donors (Lipinski definition) is 2. The molecule has 4 heteroatoms. The zero-order valence-corrected chi connectivity index (χ0v) is 10.0. The highest BCUT2D eigenvalue weighted by Gasteiger charge is 2.05. The van der Waals surface area contributed by atoms with Gasteiger partial charge in [-0.05, 0) is 24.0 Å². The molecule has 0 amide bonds. The van der Waals surface area contributed by atoms with Crippen molar-refractivity contribution >= 4 is 11.8 Å². The molecule has 0 aliphatic carbocycles. The van der Waals surface area contributed by atoms with Gasteiger partial charge in [-0.3, -0.25) is 0 Å². The molecular weight excluding hydrogens is 208 g/mol. The number of aromatic nitrogens is 1. The van der Waals surface area contributed by atoms with E-state index in [1.807, 2.05) is 20.0 Å². The van der Waals surface area contributed by atoms with E-state index >= 15 is 0 Å². The highest BCUT2D eigenvalue weighted by Crippen LogP contribution is 2.22. The average Bonchev–Trinajstić information content (AvgIpc) is 2.26. The van der Waals surface area contributed by atoms with Crippen molar-refractivity contribution in [2.75, 3.05) is 12.4 Å². The molecule has 0 aliphatic heterocycles. The van der Waals surface area contributed by atoms with Gasteiger partial charge in [0, 0.05) is 25.1 Å². The standard InChI is InChI=1S/C11H18N2OS/c1-8(6-14)7-15-11-9(2)3-10(4-12)5-13-11/h3,5,8,14H,4,6-7,12H2,1-2H3. The predicted molar refractivity (Wildman–Crippen MR) is 63.8 cm³/mol. The minimum absolute atomic E-state index is 0.229. The molecule has 0 fully saturated rings. The van der Waals surface area contributed by atoms with E-state index in [0.717, 1.165) is 21.9 Å². The number of aryl methyl sites for hydroxylation is 1. The van der Waals surface area contributed by atoms with Crippen molar-refractivity contribution in [3.63, 3.8) is 0 Å². The van der Waals surface area contributed by atoms with E-state index in [9.17, 15) is 0 Å². The molecule has 1 heterocycles. The lowest BCUT2D eigenvalue weighted by molar-refractivity contribution is 0.250. The largest absolute Gasteiger partial charge is 0.396 e. The Morgan fingerprint density at radius 1 is 1.60 bits per heavy atom. The van der Waals surface area contributed by atoms with Crippen LogP contribution in [0.15, 0.2) is 17.3 Å². The molecule has 1 aromatic rings. The van der Waals surface area contributed by atoms with Crippen molar-refractivity contribution in [1.29, 1.82) is 0 Å². The lowest BCUT2D eigenvalue weighted by Gasteiger charge is -2.09. The first-order chi connectivity index (χ1) is 7.17. The average molecular weight is 226 g/mol. The summed E-state index contributed by atoms with van der Waals surface area (Å²) in [4.78, 5) is 4.36. The van der Waals surface area contributed by atoms with E-state index in [0.29, 0.717) is 12.5 Å². The molecule has 3 N–H and O–H groups in total. The number of hydrogen-bond acceptors (Lipinski definition) is 4. The Balaban J connectivity index is 2.62. The van der Waals surface area contributed by atoms with Crippen LogP contribution in [0.4, 0.5) is 0 Å². The molecule has 0 spiro atoms. The fraction of sp³-hybridized carbons (Fsp3) is 0.545. The maximum atomic E-state index is 8.91. The minimum atomic E-state index is 0.229. The van der Waals surface area contributed by atoms with E-state index in [2.05, 4.69) is 11.1 Å². The number of nitrogens with zero attached hydrogens (tertiary/aromatic N) is 1. The predicted octanol–water partition coefficient (Wildman–Crippen LogP) is 1.57. The van der Waals surface area contributed by atoms with Crippen LogP contribution in [0.3, 0.4) is 0 Å². The third-order valence-electron chi connectivity index (χ3n) is 2.14. The summed E-state index contributed by atoms with van der Waals surface area (Å²) in [7, 11) is 0. The molecule has 1 atom stereocenters. The Kier molecular flexibility index (Phi) is 5.08. The van der Waals surface area contributed by atoms with Crippen LogP contribution in [0.2, 0.25) is 0 Å². The van der Waals surface area contributed by atoms with Gasteiger partial charge in [-0.2, -0.15) is 0 Å². The van der Waals surface area contributed by atoms with Gasteiger partial charge in [0.2, 0.25) is 0 Å². The molecule has 1 unspecified atom stereocenters. The van der Waals surface area contributed by atoms with E-state index in [1.54, 1.807) is 11.8 Å². The van der Waals surface area contributed by atoms with Crippen molar-refractivity contribution in [3.05, 3.63) is 23.4 Å². The van der Waals surface area contributed by atoms with Crippen LogP contribution in [0, 0.1) is 12.8 Å². The Bertz CT molecular complexity index is 317. The van der Waals surface area contributed by atoms with Gasteiger partial charge in [-0.25, -0.2) is 4.98 Å². The topological polar surface area (TPSA) is 59.1 Å². The van der Waals surface area contributed by atoms with Crippen molar-refractivity contribution in [2.24, 2.45) is 11.7 Å². The molecule has 0 aliphatic rings. The third kappa shape index (κ3) is 3.81. The number of nitrogens with two attached hydrogens (primary N) is 1. The molecule has 0 radical (unpaired) electrons. The molecule has 84 valence electrons. The van der Waals surface area contributed by atoms with E-state index < -0.39 is 0 Å². The minimum Gasteiger partial charge on any atom is -0.396 e. The Hall–Kier alpha value is -0.580. The zero-order chi connectivity index (χ0) is 11.3. The smallest absolute Gasteiger partial charge is 0.0989 e. The first kappa shape index (κ1) is 12.5. The van der Waals surface area contributed by atoms with E-state index in [-0.39, 0.29) is 6.61 Å². The Labute approximate surface area is 95.1 Å². The Morgan fingerprint density at radius 2 is 2.33 bits per heavy atom. The second-order valence-electron chi connectivity index (χ2n) is 3.77. The first-order valence-electron chi connectivity index (χ1n) is 5.06. The van der Waals surface area contributed by atoms with Gasteiger partial charge in [0.1, 0.15) is 0 Å². The fourth-order valence-corrected chi connectivity index (χ4v) is 2.12. The van der Waals surface area contributed by atoms with Gasteiger partial charge in [0.15, 0.2) is 0 Å². The fourth-order valence-electron chi connectivity index (χ4n) is 1.16. The van der Waals surface area contributed by atoms with Gasteiger partial charge in [-0.1, -0.05) is 13.0 Å². The molecule has 0 aromatic carbocycles. The summed E-state index contributed by atoms with van der Waals surface area (Å²) in [5.74, 6) is 1.21. The molecule has 15 heavy (non-hydrogen) atoms. The maximum Gasteiger partial charge on any atom is 0.0989 e. The molecule has 0 bridgehead atoms. The number of thioether (sulfide) groups is 1. The van der Waals surface area contributed by atoms with Gasteiger partial charge < -0.3 is 10.8 Å². The van der Waals surface area contributed by atoms with Gasteiger partial charge in [0.25, 0.3) is 0 Å². The molecule has 1 rings (SSSR count). The summed E-state index contributed by atoms with van der Waals surface area (Å²) in [5.41, 5.74) is 7.75. The summed E-state index contributed by atoms with van der Waals surface area (Å²) < 4.78 is 0. The maximum absolute atomic E-state index is 8.91. The highest BCUT2D eigenvalue weighted by molar-refractivity contribution is 7.99. The van der Waals surface area contributed by atoms with E-state index in [4.69, 9.17) is 10.8 Å². The number of pyridine rings is 1. The molecular formula is C11H18N2OS. The summed E-state index contributed by atoms with van der Waals surface area (Å²) in [6.07, 6.45) is 1.82. The zero-order valence-electron chi connectivity index (χ0n) is 9.23. The lowest BCUT2D eigenvalue weighted by Crippen LogP contribution is -2.04. The SMILES string of the molecule is Cc1cc(CN)cnc1SCC(C)CO.